The fraction of sp³-hybridized carbons (Fsp3) is 0.333. The van der Waals surface area contributed by atoms with E-state index in [0.29, 0.717) is 6.10 Å². The Labute approximate surface area is 122 Å². The lowest BCUT2D eigenvalue weighted by Gasteiger charge is -2.42. The summed E-state index contributed by atoms with van der Waals surface area (Å²) in [4.78, 5) is 0. The highest BCUT2D eigenvalue weighted by atomic mass is 28.4. The first-order valence-electron chi connectivity index (χ1n) is 7.49. The Morgan fingerprint density at radius 3 is 1.80 bits per heavy atom. The molecule has 1 fully saturated rings. The van der Waals surface area contributed by atoms with E-state index in [1.807, 2.05) is 0 Å². The maximum absolute atomic E-state index is 6.66. The second-order valence-electron chi connectivity index (χ2n) is 6.03. The fourth-order valence-electron chi connectivity index (χ4n) is 3.53. The monoisotopic (exact) mass is 282 g/mol. The SMILES string of the molecule is C[C@@H]1C[C@H](C)O[Si](c2ccccc2)(c2ccccc2)C1. The summed E-state index contributed by atoms with van der Waals surface area (Å²) in [7, 11) is -2.06. The summed E-state index contributed by atoms with van der Waals surface area (Å²) in [5, 5.41) is 2.81. The molecule has 0 bridgehead atoms. The van der Waals surface area contributed by atoms with Crippen molar-refractivity contribution in [1.29, 1.82) is 0 Å². The maximum atomic E-state index is 6.66. The molecule has 1 aliphatic heterocycles. The highest BCUT2D eigenvalue weighted by molar-refractivity contribution is 6.97. The largest absolute Gasteiger partial charge is 0.405 e. The molecule has 1 nitrogen and oxygen atoms in total. The lowest BCUT2D eigenvalue weighted by molar-refractivity contribution is 0.161. The predicted molar refractivity (Wildman–Crippen MR) is 87.0 cm³/mol. The Morgan fingerprint density at radius 2 is 1.35 bits per heavy atom. The highest BCUT2D eigenvalue weighted by Crippen LogP contribution is 2.30. The molecule has 104 valence electrons. The number of rotatable bonds is 2. The predicted octanol–water partition coefficient (Wildman–Crippen LogP) is 3.19. The first-order valence-corrected chi connectivity index (χ1v) is 9.61. The first kappa shape index (κ1) is 13.6. The van der Waals surface area contributed by atoms with Gasteiger partial charge in [-0.25, -0.2) is 0 Å². The molecule has 0 aromatic heterocycles. The van der Waals surface area contributed by atoms with E-state index in [1.165, 1.54) is 22.8 Å². The smallest absolute Gasteiger partial charge is 0.256 e. The van der Waals surface area contributed by atoms with E-state index in [4.69, 9.17) is 4.43 Å². The summed E-state index contributed by atoms with van der Waals surface area (Å²) in [6.45, 7) is 4.59. The van der Waals surface area contributed by atoms with Gasteiger partial charge < -0.3 is 4.43 Å². The van der Waals surface area contributed by atoms with Crippen LogP contribution < -0.4 is 10.4 Å². The standard InChI is InChI=1S/C18H22OSi/c1-15-13-16(2)19-20(14-15,17-9-5-3-6-10-17)18-11-7-4-8-12-18/h3-12,15-16H,13-14H2,1-2H3/t15-,16+/m1/s1. The zero-order chi connectivity index (χ0) is 14.0. The molecule has 0 saturated carbocycles. The molecular formula is C18H22OSi. The van der Waals surface area contributed by atoms with Gasteiger partial charge in [0.15, 0.2) is 0 Å². The summed E-state index contributed by atoms with van der Waals surface area (Å²) in [6, 6.07) is 22.9. The minimum atomic E-state index is -2.06. The quantitative estimate of drug-likeness (QED) is 0.769. The summed E-state index contributed by atoms with van der Waals surface area (Å²) in [5.41, 5.74) is 0. The topological polar surface area (TPSA) is 9.23 Å². The minimum Gasteiger partial charge on any atom is -0.405 e. The molecule has 3 rings (SSSR count). The van der Waals surface area contributed by atoms with Crippen LogP contribution in [0.5, 0.6) is 0 Å². The van der Waals surface area contributed by atoms with Gasteiger partial charge in [-0.1, -0.05) is 67.6 Å². The molecule has 0 radical (unpaired) electrons. The Balaban J connectivity index is 2.13. The van der Waals surface area contributed by atoms with Gasteiger partial charge in [-0.3, -0.25) is 0 Å². The van der Waals surface area contributed by atoms with Crippen LogP contribution in [0.15, 0.2) is 60.7 Å². The van der Waals surface area contributed by atoms with Crippen LogP contribution in [0.1, 0.15) is 20.3 Å². The Morgan fingerprint density at radius 1 is 0.850 bits per heavy atom. The van der Waals surface area contributed by atoms with Gasteiger partial charge in [0.05, 0.1) is 0 Å². The van der Waals surface area contributed by atoms with Gasteiger partial charge in [0, 0.05) is 6.10 Å². The van der Waals surface area contributed by atoms with Crippen LogP contribution in [-0.4, -0.2) is 14.4 Å². The zero-order valence-corrected chi connectivity index (χ0v) is 13.3. The molecule has 0 unspecified atom stereocenters. The van der Waals surface area contributed by atoms with E-state index >= 15 is 0 Å². The third-order valence-electron chi connectivity index (χ3n) is 4.25. The van der Waals surface area contributed by atoms with Crippen LogP contribution >= 0.6 is 0 Å². The third-order valence-corrected chi connectivity index (χ3v) is 8.86. The van der Waals surface area contributed by atoms with Crippen LogP contribution in [0.4, 0.5) is 0 Å². The van der Waals surface area contributed by atoms with Gasteiger partial charge in [-0.2, -0.15) is 0 Å². The van der Waals surface area contributed by atoms with Gasteiger partial charge in [-0.05, 0) is 35.7 Å². The molecule has 2 heteroatoms. The first-order chi connectivity index (χ1) is 9.71. The lowest BCUT2D eigenvalue weighted by Crippen LogP contribution is -2.64. The molecule has 1 heterocycles. The molecule has 2 aromatic carbocycles. The summed E-state index contributed by atoms with van der Waals surface area (Å²) in [6.07, 6.45) is 1.53. The molecule has 1 aliphatic rings. The number of benzene rings is 2. The van der Waals surface area contributed by atoms with Crippen LogP contribution in [0, 0.1) is 5.92 Å². The molecule has 20 heavy (non-hydrogen) atoms. The second kappa shape index (κ2) is 5.55. The maximum Gasteiger partial charge on any atom is 0.256 e. The van der Waals surface area contributed by atoms with Crippen molar-refractivity contribution in [3.8, 4) is 0 Å². The molecule has 0 amide bonds. The van der Waals surface area contributed by atoms with Crippen LogP contribution in [0.2, 0.25) is 6.04 Å². The second-order valence-corrected chi connectivity index (χ2v) is 9.49. The van der Waals surface area contributed by atoms with Crippen molar-refractivity contribution in [3.63, 3.8) is 0 Å². The van der Waals surface area contributed by atoms with Crippen molar-refractivity contribution in [2.24, 2.45) is 5.92 Å². The van der Waals surface area contributed by atoms with Crippen molar-refractivity contribution >= 4 is 18.7 Å². The molecular weight excluding hydrogens is 260 g/mol. The Hall–Kier alpha value is -1.38. The lowest BCUT2D eigenvalue weighted by atomic mass is 10.1. The minimum absolute atomic E-state index is 0.353. The van der Waals surface area contributed by atoms with E-state index in [9.17, 15) is 0 Å². The molecule has 1 saturated heterocycles. The third kappa shape index (κ3) is 2.46. The Kier molecular flexibility index (Phi) is 3.77. The van der Waals surface area contributed by atoms with Crippen molar-refractivity contribution in [1.82, 2.24) is 0 Å². The van der Waals surface area contributed by atoms with Gasteiger partial charge >= 0.3 is 0 Å². The normalized spacial score (nSPS) is 25.3. The van der Waals surface area contributed by atoms with Crippen LogP contribution in [0.3, 0.4) is 0 Å². The van der Waals surface area contributed by atoms with E-state index in [2.05, 4.69) is 74.5 Å². The van der Waals surface area contributed by atoms with Crippen molar-refractivity contribution < 1.29 is 4.43 Å². The fourth-order valence-corrected chi connectivity index (χ4v) is 8.10. The van der Waals surface area contributed by atoms with E-state index in [-0.39, 0.29) is 0 Å². The molecule has 2 aromatic rings. The van der Waals surface area contributed by atoms with Crippen molar-refractivity contribution in [2.45, 2.75) is 32.4 Å². The highest BCUT2D eigenvalue weighted by Gasteiger charge is 2.45. The summed E-state index contributed by atoms with van der Waals surface area (Å²) in [5.74, 6) is 0.728. The Bertz CT molecular complexity index is 501. The summed E-state index contributed by atoms with van der Waals surface area (Å²) < 4.78 is 6.66. The van der Waals surface area contributed by atoms with Gasteiger partial charge in [-0.15, -0.1) is 0 Å². The van der Waals surface area contributed by atoms with Gasteiger partial charge in [0.1, 0.15) is 0 Å². The number of hydrogen-bond acceptors (Lipinski definition) is 1. The zero-order valence-electron chi connectivity index (χ0n) is 12.3. The average Bonchev–Trinajstić information content (AvgIpc) is 2.48. The van der Waals surface area contributed by atoms with E-state index in [0.717, 1.165) is 5.92 Å². The van der Waals surface area contributed by atoms with Crippen molar-refractivity contribution in [3.05, 3.63) is 60.7 Å². The summed E-state index contributed by atoms with van der Waals surface area (Å²) >= 11 is 0. The van der Waals surface area contributed by atoms with Crippen LogP contribution in [0.25, 0.3) is 0 Å². The van der Waals surface area contributed by atoms with Gasteiger partial charge in [0.25, 0.3) is 8.32 Å². The molecule has 0 aliphatic carbocycles. The number of hydrogen-bond donors (Lipinski definition) is 0. The molecule has 2 atom stereocenters. The average molecular weight is 282 g/mol. The van der Waals surface area contributed by atoms with E-state index < -0.39 is 8.32 Å². The molecule has 0 N–H and O–H groups in total. The van der Waals surface area contributed by atoms with E-state index in [1.54, 1.807) is 0 Å². The molecule has 0 spiro atoms. The van der Waals surface area contributed by atoms with Gasteiger partial charge in [0.2, 0.25) is 0 Å². The van der Waals surface area contributed by atoms with Crippen molar-refractivity contribution in [2.75, 3.05) is 0 Å². The van der Waals surface area contributed by atoms with Crippen LogP contribution in [-0.2, 0) is 4.43 Å².